The van der Waals surface area contributed by atoms with Crippen molar-refractivity contribution in [2.24, 2.45) is 11.7 Å². The van der Waals surface area contributed by atoms with E-state index < -0.39 is 0 Å². The third-order valence-corrected chi connectivity index (χ3v) is 2.33. The lowest BCUT2D eigenvalue weighted by atomic mass is 9.98. The van der Waals surface area contributed by atoms with Crippen LogP contribution in [0.5, 0.6) is 5.88 Å². The van der Waals surface area contributed by atoms with Gasteiger partial charge < -0.3 is 10.5 Å². The molecule has 78 valence electrons. The van der Waals surface area contributed by atoms with Crippen LogP contribution in [0.2, 0.25) is 0 Å². The van der Waals surface area contributed by atoms with Gasteiger partial charge in [0.15, 0.2) is 0 Å². The third kappa shape index (κ3) is 3.00. The summed E-state index contributed by atoms with van der Waals surface area (Å²) in [6, 6.07) is 4.07. The molecule has 0 radical (unpaired) electrons. The van der Waals surface area contributed by atoms with Gasteiger partial charge in [0.1, 0.15) is 0 Å². The zero-order valence-corrected chi connectivity index (χ0v) is 9.03. The molecular formula is C11H18N2O. The Morgan fingerprint density at radius 2 is 2.14 bits per heavy atom. The second-order valence-electron chi connectivity index (χ2n) is 3.82. The molecule has 1 aromatic rings. The van der Waals surface area contributed by atoms with Gasteiger partial charge in [0.25, 0.3) is 0 Å². The first-order valence-corrected chi connectivity index (χ1v) is 4.88. The minimum absolute atomic E-state index is 0.199. The van der Waals surface area contributed by atoms with Gasteiger partial charge in [-0.05, 0) is 17.9 Å². The largest absolute Gasteiger partial charge is 0.481 e. The molecule has 1 heterocycles. The smallest absolute Gasteiger partial charge is 0.212 e. The summed E-state index contributed by atoms with van der Waals surface area (Å²) < 4.78 is 4.98. The molecule has 0 fully saturated rings. The first-order valence-electron chi connectivity index (χ1n) is 4.88. The van der Waals surface area contributed by atoms with Gasteiger partial charge in [0.2, 0.25) is 5.88 Å². The number of nitrogens with zero attached hydrogens (tertiary/aromatic N) is 1. The molecule has 0 aliphatic rings. The highest BCUT2D eigenvalue weighted by Gasteiger charge is 2.08. The highest BCUT2D eigenvalue weighted by atomic mass is 16.5. The number of methoxy groups -OCH3 is 1. The Labute approximate surface area is 85.3 Å². The maximum Gasteiger partial charge on any atom is 0.212 e. The number of rotatable bonds is 4. The van der Waals surface area contributed by atoms with Crippen molar-refractivity contribution < 1.29 is 4.74 Å². The van der Waals surface area contributed by atoms with Crippen molar-refractivity contribution >= 4 is 0 Å². The fourth-order valence-electron chi connectivity index (χ4n) is 1.16. The molecular weight excluding hydrogens is 176 g/mol. The average molecular weight is 194 g/mol. The Morgan fingerprint density at radius 1 is 1.43 bits per heavy atom. The molecule has 3 heteroatoms. The van der Waals surface area contributed by atoms with Crippen LogP contribution in [-0.4, -0.2) is 18.1 Å². The molecule has 1 rings (SSSR count). The number of ether oxygens (including phenoxy) is 1. The van der Waals surface area contributed by atoms with E-state index in [1.54, 1.807) is 7.11 Å². The Hall–Kier alpha value is -1.09. The lowest BCUT2D eigenvalue weighted by Gasteiger charge is -2.15. The summed E-state index contributed by atoms with van der Waals surface area (Å²) in [7, 11) is 1.61. The standard InChI is InChI=1S/C11H18N2O/c1-8(2)10(12)6-9-4-5-11(14-3)13-7-9/h4-5,7-8,10H,6,12H2,1-3H3. The minimum Gasteiger partial charge on any atom is -0.481 e. The normalized spacial score (nSPS) is 12.9. The van der Waals surface area contributed by atoms with Crippen LogP contribution in [0, 0.1) is 5.92 Å². The van der Waals surface area contributed by atoms with Gasteiger partial charge in [-0.1, -0.05) is 19.9 Å². The Bertz CT molecular complexity index is 269. The molecule has 1 atom stereocenters. The van der Waals surface area contributed by atoms with E-state index in [2.05, 4.69) is 18.8 Å². The zero-order chi connectivity index (χ0) is 10.6. The lowest BCUT2D eigenvalue weighted by Crippen LogP contribution is -2.28. The summed E-state index contributed by atoms with van der Waals surface area (Å²) in [4.78, 5) is 4.13. The number of nitrogens with two attached hydrogens (primary N) is 1. The monoisotopic (exact) mass is 194 g/mol. The SMILES string of the molecule is COc1ccc(CC(N)C(C)C)cn1. The maximum absolute atomic E-state index is 5.96. The van der Waals surface area contributed by atoms with Crippen LogP contribution in [0.4, 0.5) is 0 Å². The van der Waals surface area contributed by atoms with E-state index in [-0.39, 0.29) is 6.04 Å². The van der Waals surface area contributed by atoms with Crippen molar-refractivity contribution in [3.05, 3.63) is 23.9 Å². The average Bonchev–Trinajstić information content (AvgIpc) is 2.19. The molecule has 3 nitrogen and oxygen atoms in total. The van der Waals surface area contributed by atoms with Gasteiger partial charge in [-0.25, -0.2) is 4.98 Å². The fourth-order valence-corrected chi connectivity index (χ4v) is 1.16. The van der Waals surface area contributed by atoms with Gasteiger partial charge in [0, 0.05) is 18.3 Å². The van der Waals surface area contributed by atoms with Crippen LogP contribution < -0.4 is 10.5 Å². The van der Waals surface area contributed by atoms with Crippen molar-refractivity contribution in [3.8, 4) is 5.88 Å². The first kappa shape index (κ1) is 11.0. The van der Waals surface area contributed by atoms with Crippen LogP contribution in [0.15, 0.2) is 18.3 Å². The number of hydrogen-bond acceptors (Lipinski definition) is 3. The molecule has 0 aliphatic heterocycles. The third-order valence-electron chi connectivity index (χ3n) is 2.33. The van der Waals surface area contributed by atoms with E-state index in [1.807, 2.05) is 18.3 Å². The number of aromatic nitrogens is 1. The van der Waals surface area contributed by atoms with Crippen molar-refractivity contribution in [2.75, 3.05) is 7.11 Å². The van der Waals surface area contributed by atoms with Gasteiger partial charge >= 0.3 is 0 Å². The molecule has 0 aromatic carbocycles. The molecule has 0 spiro atoms. The van der Waals surface area contributed by atoms with Crippen molar-refractivity contribution in [3.63, 3.8) is 0 Å². The predicted octanol–water partition coefficient (Wildman–Crippen LogP) is 1.62. The van der Waals surface area contributed by atoms with Crippen LogP contribution in [-0.2, 0) is 6.42 Å². The topological polar surface area (TPSA) is 48.1 Å². The second-order valence-corrected chi connectivity index (χ2v) is 3.82. The first-order chi connectivity index (χ1) is 6.63. The number of hydrogen-bond donors (Lipinski definition) is 1. The zero-order valence-electron chi connectivity index (χ0n) is 9.03. The highest BCUT2D eigenvalue weighted by molar-refractivity contribution is 5.18. The van der Waals surface area contributed by atoms with E-state index in [0.29, 0.717) is 11.8 Å². The maximum atomic E-state index is 5.96. The molecule has 0 saturated carbocycles. The second kappa shape index (κ2) is 4.96. The van der Waals surface area contributed by atoms with Crippen LogP contribution >= 0.6 is 0 Å². The molecule has 0 amide bonds. The summed E-state index contributed by atoms with van der Waals surface area (Å²) >= 11 is 0. The van der Waals surface area contributed by atoms with Gasteiger partial charge in [-0.15, -0.1) is 0 Å². The summed E-state index contributed by atoms with van der Waals surface area (Å²) in [6.45, 7) is 4.25. The van der Waals surface area contributed by atoms with E-state index in [4.69, 9.17) is 10.5 Å². The molecule has 0 aliphatic carbocycles. The molecule has 0 bridgehead atoms. The van der Waals surface area contributed by atoms with Crippen LogP contribution in [0.1, 0.15) is 19.4 Å². The minimum atomic E-state index is 0.199. The molecule has 0 saturated heterocycles. The van der Waals surface area contributed by atoms with Crippen molar-refractivity contribution in [1.29, 1.82) is 0 Å². The summed E-state index contributed by atoms with van der Waals surface area (Å²) in [5.74, 6) is 1.14. The van der Waals surface area contributed by atoms with Gasteiger partial charge in [0.05, 0.1) is 7.11 Å². The van der Waals surface area contributed by atoms with Crippen molar-refractivity contribution in [1.82, 2.24) is 4.98 Å². The quantitative estimate of drug-likeness (QED) is 0.792. The fraction of sp³-hybridized carbons (Fsp3) is 0.545. The van der Waals surface area contributed by atoms with Gasteiger partial charge in [-0.3, -0.25) is 0 Å². The number of pyridine rings is 1. The molecule has 1 aromatic heterocycles. The highest BCUT2D eigenvalue weighted by Crippen LogP contribution is 2.10. The summed E-state index contributed by atoms with van der Waals surface area (Å²) in [5, 5.41) is 0. The summed E-state index contributed by atoms with van der Waals surface area (Å²) in [5.41, 5.74) is 7.12. The van der Waals surface area contributed by atoms with Crippen LogP contribution in [0.25, 0.3) is 0 Å². The summed E-state index contributed by atoms with van der Waals surface area (Å²) in [6.07, 6.45) is 2.69. The van der Waals surface area contributed by atoms with Gasteiger partial charge in [-0.2, -0.15) is 0 Å². The van der Waals surface area contributed by atoms with E-state index in [1.165, 1.54) is 0 Å². The Morgan fingerprint density at radius 3 is 2.57 bits per heavy atom. The molecule has 14 heavy (non-hydrogen) atoms. The predicted molar refractivity (Wildman–Crippen MR) is 57.3 cm³/mol. The van der Waals surface area contributed by atoms with Crippen molar-refractivity contribution in [2.45, 2.75) is 26.3 Å². The lowest BCUT2D eigenvalue weighted by molar-refractivity contribution is 0.397. The molecule has 1 unspecified atom stereocenters. The Kier molecular flexibility index (Phi) is 3.89. The van der Waals surface area contributed by atoms with E-state index in [9.17, 15) is 0 Å². The Balaban J connectivity index is 2.59. The van der Waals surface area contributed by atoms with Crippen LogP contribution in [0.3, 0.4) is 0 Å². The van der Waals surface area contributed by atoms with E-state index in [0.717, 1.165) is 12.0 Å². The van der Waals surface area contributed by atoms with E-state index >= 15 is 0 Å². The molecule has 2 N–H and O–H groups in total.